The van der Waals surface area contributed by atoms with Crippen LogP contribution in [0.25, 0.3) is 0 Å². The third kappa shape index (κ3) is 4.81. The van der Waals surface area contributed by atoms with Gasteiger partial charge in [-0.2, -0.15) is 0 Å². The van der Waals surface area contributed by atoms with E-state index in [0.29, 0.717) is 6.04 Å². The summed E-state index contributed by atoms with van der Waals surface area (Å²) in [5.74, 6) is 0.762. The summed E-state index contributed by atoms with van der Waals surface area (Å²) in [4.78, 5) is 2.55. The van der Waals surface area contributed by atoms with Crippen LogP contribution in [-0.2, 0) is 0 Å². The van der Waals surface area contributed by atoms with Gasteiger partial charge in [0, 0.05) is 18.1 Å². The molecule has 1 aliphatic heterocycles. The van der Waals surface area contributed by atoms with E-state index >= 15 is 0 Å². The first-order valence-corrected chi connectivity index (χ1v) is 6.54. The second-order valence-electron chi connectivity index (χ2n) is 6.16. The summed E-state index contributed by atoms with van der Waals surface area (Å²) in [6.07, 6.45) is 2.41. The fourth-order valence-corrected chi connectivity index (χ4v) is 2.37. The fraction of sp³-hybridized carbons (Fsp3) is 1.00. The van der Waals surface area contributed by atoms with Gasteiger partial charge in [-0.3, -0.25) is 0 Å². The third-order valence-electron chi connectivity index (χ3n) is 3.20. The van der Waals surface area contributed by atoms with Crippen LogP contribution in [0.15, 0.2) is 0 Å². The van der Waals surface area contributed by atoms with Crippen molar-refractivity contribution in [2.75, 3.05) is 26.2 Å². The Morgan fingerprint density at radius 2 is 1.88 bits per heavy atom. The van der Waals surface area contributed by atoms with Crippen molar-refractivity contribution in [1.29, 1.82) is 0 Å². The molecule has 0 saturated carbocycles. The number of aliphatic hydroxyl groups is 1. The highest BCUT2D eigenvalue weighted by molar-refractivity contribution is 4.85. The molecule has 1 rings (SSSR count). The summed E-state index contributed by atoms with van der Waals surface area (Å²) >= 11 is 0. The van der Waals surface area contributed by atoms with Crippen LogP contribution in [0.1, 0.15) is 40.5 Å². The second-order valence-corrected chi connectivity index (χ2v) is 6.16. The van der Waals surface area contributed by atoms with Gasteiger partial charge in [-0.1, -0.05) is 13.8 Å². The van der Waals surface area contributed by atoms with E-state index in [1.54, 1.807) is 0 Å². The molecular formula is C13H28N2O. The summed E-state index contributed by atoms with van der Waals surface area (Å²) in [5.41, 5.74) is -0.134. The third-order valence-corrected chi connectivity index (χ3v) is 3.20. The topological polar surface area (TPSA) is 35.5 Å². The number of rotatable bonds is 5. The Kier molecular flexibility index (Phi) is 5.22. The number of piperidine rings is 1. The van der Waals surface area contributed by atoms with E-state index in [1.807, 2.05) is 0 Å². The predicted octanol–water partition coefficient (Wildman–Crippen LogP) is 1.47. The van der Waals surface area contributed by atoms with Gasteiger partial charge in [-0.05, 0) is 45.7 Å². The molecule has 1 heterocycles. The standard InChI is InChI=1S/C13H28N2O/c1-11(2)9-15-7-5-12(6-8-15)14-13(3,4)10-16/h11-12,14,16H,5-10H2,1-4H3. The molecular weight excluding hydrogens is 200 g/mol. The minimum atomic E-state index is -0.134. The molecule has 1 aliphatic rings. The molecule has 0 atom stereocenters. The minimum absolute atomic E-state index is 0.134. The molecule has 3 heteroatoms. The molecule has 0 aromatic rings. The first-order valence-electron chi connectivity index (χ1n) is 6.54. The molecule has 0 amide bonds. The normalized spacial score (nSPS) is 20.6. The lowest BCUT2D eigenvalue weighted by atomic mass is 9.99. The fourth-order valence-electron chi connectivity index (χ4n) is 2.37. The van der Waals surface area contributed by atoms with Gasteiger partial charge in [0.05, 0.1) is 6.61 Å². The van der Waals surface area contributed by atoms with Crippen LogP contribution in [-0.4, -0.2) is 47.8 Å². The van der Waals surface area contributed by atoms with Crippen molar-refractivity contribution < 1.29 is 5.11 Å². The Labute approximate surface area is 100 Å². The molecule has 16 heavy (non-hydrogen) atoms. The summed E-state index contributed by atoms with van der Waals surface area (Å²) < 4.78 is 0. The van der Waals surface area contributed by atoms with Crippen LogP contribution < -0.4 is 5.32 Å². The molecule has 2 N–H and O–H groups in total. The van der Waals surface area contributed by atoms with E-state index in [0.717, 1.165) is 5.92 Å². The molecule has 1 fully saturated rings. The summed E-state index contributed by atoms with van der Waals surface area (Å²) in [5, 5.41) is 12.8. The Balaban J connectivity index is 2.27. The number of hydrogen-bond acceptors (Lipinski definition) is 3. The maximum atomic E-state index is 9.22. The number of likely N-dealkylation sites (tertiary alicyclic amines) is 1. The van der Waals surface area contributed by atoms with E-state index in [4.69, 9.17) is 0 Å². The van der Waals surface area contributed by atoms with Gasteiger partial charge >= 0.3 is 0 Å². The second kappa shape index (κ2) is 5.99. The van der Waals surface area contributed by atoms with Gasteiger partial charge in [0.15, 0.2) is 0 Å². The zero-order valence-electron chi connectivity index (χ0n) is 11.3. The highest BCUT2D eigenvalue weighted by atomic mass is 16.3. The monoisotopic (exact) mass is 228 g/mol. The van der Waals surface area contributed by atoms with Crippen LogP contribution in [0.4, 0.5) is 0 Å². The SMILES string of the molecule is CC(C)CN1CCC(NC(C)(C)CO)CC1. The van der Waals surface area contributed by atoms with Gasteiger partial charge in [0.1, 0.15) is 0 Å². The zero-order valence-corrected chi connectivity index (χ0v) is 11.3. The maximum Gasteiger partial charge on any atom is 0.0607 e. The Bertz CT molecular complexity index is 196. The zero-order chi connectivity index (χ0) is 12.2. The van der Waals surface area contributed by atoms with E-state index < -0.39 is 0 Å². The Morgan fingerprint density at radius 3 is 2.31 bits per heavy atom. The smallest absolute Gasteiger partial charge is 0.0607 e. The van der Waals surface area contributed by atoms with E-state index in [1.165, 1.54) is 32.5 Å². The van der Waals surface area contributed by atoms with Crippen molar-refractivity contribution in [2.45, 2.75) is 52.1 Å². The van der Waals surface area contributed by atoms with Crippen LogP contribution >= 0.6 is 0 Å². The number of hydrogen-bond donors (Lipinski definition) is 2. The highest BCUT2D eigenvalue weighted by Gasteiger charge is 2.25. The summed E-state index contributed by atoms with van der Waals surface area (Å²) in [6, 6.07) is 0.575. The quantitative estimate of drug-likeness (QED) is 0.748. The molecule has 0 unspecified atom stereocenters. The molecule has 0 aromatic carbocycles. The molecule has 1 saturated heterocycles. The van der Waals surface area contributed by atoms with Crippen LogP contribution in [0.5, 0.6) is 0 Å². The van der Waals surface area contributed by atoms with Crippen molar-refractivity contribution >= 4 is 0 Å². The maximum absolute atomic E-state index is 9.22. The van der Waals surface area contributed by atoms with Crippen LogP contribution in [0.2, 0.25) is 0 Å². The van der Waals surface area contributed by atoms with Crippen molar-refractivity contribution in [2.24, 2.45) is 5.92 Å². The van der Waals surface area contributed by atoms with Crippen molar-refractivity contribution in [1.82, 2.24) is 10.2 Å². The van der Waals surface area contributed by atoms with Crippen LogP contribution in [0, 0.1) is 5.92 Å². The number of nitrogens with zero attached hydrogens (tertiary/aromatic N) is 1. The number of aliphatic hydroxyl groups excluding tert-OH is 1. The van der Waals surface area contributed by atoms with E-state index in [-0.39, 0.29) is 12.1 Å². The molecule has 0 spiro atoms. The van der Waals surface area contributed by atoms with Gasteiger partial charge in [-0.25, -0.2) is 0 Å². The summed E-state index contributed by atoms with van der Waals surface area (Å²) in [7, 11) is 0. The molecule has 0 radical (unpaired) electrons. The van der Waals surface area contributed by atoms with E-state index in [2.05, 4.69) is 37.9 Å². The lowest BCUT2D eigenvalue weighted by Gasteiger charge is -2.37. The van der Waals surface area contributed by atoms with Gasteiger partial charge in [-0.15, -0.1) is 0 Å². The summed E-state index contributed by atoms with van der Waals surface area (Å²) in [6.45, 7) is 12.5. The molecule has 0 bridgehead atoms. The Hall–Kier alpha value is -0.120. The average Bonchev–Trinajstić information content (AvgIpc) is 2.20. The number of nitrogens with one attached hydrogen (secondary N) is 1. The van der Waals surface area contributed by atoms with E-state index in [9.17, 15) is 5.11 Å². The van der Waals surface area contributed by atoms with Crippen molar-refractivity contribution in [3.8, 4) is 0 Å². The lowest BCUT2D eigenvalue weighted by Crippen LogP contribution is -2.52. The molecule has 96 valence electrons. The first-order chi connectivity index (χ1) is 7.43. The predicted molar refractivity (Wildman–Crippen MR) is 68.6 cm³/mol. The highest BCUT2D eigenvalue weighted by Crippen LogP contribution is 2.15. The largest absolute Gasteiger partial charge is 0.394 e. The minimum Gasteiger partial charge on any atom is -0.394 e. The van der Waals surface area contributed by atoms with Gasteiger partial charge in [0.2, 0.25) is 0 Å². The van der Waals surface area contributed by atoms with Crippen LogP contribution in [0.3, 0.4) is 0 Å². The van der Waals surface area contributed by atoms with Gasteiger partial charge in [0.25, 0.3) is 0 Å². The average molecular weight is 228 g/mol. The van der Waals surface area contributed by atoms with Gasteiger partial charge < -0.3 is 15.3 Å². The Morgan fingerprint density at radius 1 is 1.31 bits per heavy atom. The lowest BCUT2D eigenvalue weighted by molar-refractivity contribution is 0.133. The van der Waals surface area contributed by atoms with Crippen molar-refractivity contribution in [3.05, 3.63) is 0 Å². The van der Waals surface area contributed by atoms with Crippen molar-refractivity contribution in [3.63, 3.8) is 0 Å². The molecule has 0 aromatic heterocycles. The first kappa shape index (κ1) is 13.9. The molecule has 0 aliphatic carbocycles. The molecule has 3 nitrogen and oxygen atoms in total.